The van der Waals surface area contributed by atoms with Crippen molar-refractivity contribution in [2.45, 2.75) is 32.6 Å². The van der Waals surface area contributed by atoms with E-state index in [4.69, 9.17) is 4.74 Å². The summed E-state index contributed by atoms with van der Waals surface area (Å²) < 4.78 is 19.4. The maximum Gasteiger partial charge on any atom is 0.138 e. The fraction of sp³-hybridized carbons (Fsp3) is 0.435. The summed E-state index contributed by atoms with van der Waals surface area (Å²) >= 11 is 0. The monoisotopic (exact) mass is 381 g/mol. The third-order valence-corrected chi connectivity index (χ3v) is 5.66. The Morgan fingerprint density at radius 2 is 1.96 bits per heavy atom. The summed E-state index contributed by atoms with van der Waals surface area (Å²) in [5.41, 5.74) is 3.78. The van der Waals surface area contributed by atoms with Crippen LogP contribution in [0.5, 0.6) is 5.75 Å². The highest BCUT2D eigenvalue weighted by atomic mass is 19.1. The smallest absolute Gasteiger partial charge is 0.138 e. The average Bonchev–Trinajstić information content (AvgIpc) is 3.12. The van der Waals surface area contributed by atoms with Gasteiger partial charge in [0.2, 0.25) is 0 Å². The molecule has 4 nitrogen and oxygen atoms in total. The van der Waals surface area contributed by atoms with Gasteiger partial charge in [0.15, 0.2) is 0 Å². The lowest BCUT2D eigenvalue weighted by atomic mass is 9.92. The molecule has 4 rings (SSSR count). The Morgan fingerprint density at radius 3 is 2.68 bits per heavy atom. The number of ether oxygens (including phenoxy) is 1. The maximum atomic E-state index is 13.9. The summed E-state index contributed by atoms with van der Waals surface area (Å²) in [5, 5.41) is 1.02. The van der Waals surface area contributed by atoms with Crippen LogP contribution in [-0.2, 0) is 0 Å². The van der Waals surface area contributed by atoms with Crippen molar-refractivity contribution in [1.82, 2.24) is 14.9 Å². The highest BCUT2D eigenvalue weighted by molar-refractivity contribution is 5.95. The van der Waals surface area contributed by atoms with Crippen molar-refractivity contribution < 1.29 is 9.13 Å². The zero-order valence-corrected chi connectivity index (χ0v) is 16.8. The summed E-state index contributed by atoms with van der Waals surface area (Å²) in [4.78, 5) is 10.6. The first-order valence-corrected chi connectivity index (χ1v) is 10.1. The van der Waals surface area contributed by atoms with E-state index in [2.05, 4.69) is 34.8 Å². The van der Waals surface area contributed by atoms with Gasteiger partial charge in [-0.2, -0.15) is 0 Å². The summed E-state index contributed by atoms with van der Waals surface area (Å²) in [6, 6.07) is 8.76. The van der Waals surface area contributed by atoms with E-state index in [9.17, 15) is 4.39 Å². The summed E-state index contributed by atoms with van der Waals surface area (Å²) in [6.07, 6.45) is 4.07. The van der Waals surface area contributed by atoms with Crippen LogP contribution in [0, 0.1) is 11.7 Å². The molecule has 0 saturated carbocycles. The van der Waals surface area contributed by atoms with Crippen LogP contribution in [0.25, 0.3) is 22.2 Å². The van der Waals surface area contributed by atoms with Crippen molar-refractivity contribution in [2.75, 3.05) is 26.7 Å². The topological polar surface area (TPSA) is 41.1 Å². The third-order valence-electron chi connectivity index (χ3n) is 5.66. The molecule has 1 N–H and O–H groups in total. The van der Waals surface area contributed by atoms with Crippen LogP contribution in [0.1, 0.15) is 38.3 Å². The second-order valence-electron chi connectivity index (χ2n) is 8.16. The molecule has 1 fully saturated rings. The van der Waals surface area contributed by atoms with Gasteiger partial charge in [-0.3, -0.25) is 0 Å². The van der Waals surface area contributed by atoms with Crippen molar-refractivity contribution in [3.63, 3.8) is 0 Å². The van der Waals surface area contributed by atoms with Crippen molar-refractivity contribution >= 4 is 11.0 Å². The van der Waals surface area contributed by atoms with Gasteiger partial charge in [0.25, 0.3) is 0 Å². The Kier molecular flexibility index (Phi) is 5.36. The van der Waals surface area contributed by atoms with Crippen molar-refractivity contribution in [1.29, 1.82) is 0 Å². The molecular formula is C23H28FN3O. The zero-order valence-electron chi connectivity index (χ0n) is 16.8. The SMILES string of the molecule is COc1ccc(F)cc1-c1ccnc2[nH]c(C3CCN(CC(C)C)CC3)cc12. The number of aromatic amines is 1. The molecule has 1 saturated heterocycles. The van der Waals surface area contributed by atoms with Gasteiger partial charge < -0.3 is 14.6 Å². The normalized spacial score (nSPS) is 16.2. The number of hydrogen-bond acceptors (Lipinski definition) is 3. The Morgan fingerprint density at radius 1 is 1.18 bits per heavy atom. The molecule has 2 aromatic heterocycles. The van der Waals surface area contributed by atoms with Gasteiger partial charge in [-0.25, -0.2) is 9.37 Å². The molecule has 28 heavy (non-hydrogen) atoms. The van der Waals surface area contributed by atoms with Crippen molar-refractivity contribution in [3.05, 3.63) is 48.0 Å². The van der Waals surface area contributed by atoms with Gasteiger partial charge in [-0.15, -0.1) is 0 Å². The number of nitrogens with one attached hydrogen (secondary N) is 1. The summed E-state index contributed by atoms with van der Waals surface area (Å²) in [5.74, 6) is 1.62. The lowest BCUT2D eigenvalue weighted by Crippen LogP contribution is -2.35. The van der Waals surface area contributed by atoms with E-state index >= 15 is 0 Å². The molecule has 3 aromatic rings. The first kappa shape index (κ1) is 18.9. The molecule has 1 aliphatic heterocycles. The van der Waals surface area contributed by atoms with Gasteiger partial charge in [-0.05, 0) is 67.7 Å². The highest BCUT2D eigenvalue weighted by Gasteiger charge is 2.23. The number of pyridine rings is 1. The second-order valence-corrected chi connectivity index (χ2v) is 8.16. The molecule has 1 aromatic carbocycles. The van der Waals surface area contributed by atoms with E-state index in [1.54, 1.807) is 19.4 Å². The number of methoxy groups -OCH3 is 1. The molecule has 0 atom stereocenters. The molecule has 3 heterocycles. The minimum atomic E-state index is -0.269. The Bertz CT molecular complexity index is 958. The predicted octanol–water partition coefficient (Wildman–Crippen LogP) is 5.21. The fourth-order valence-corrected chi connectivity index (χ4v) is 4.34. The van der Waals surface area contributed by atoms with Crippen LogP contribution < -0.4 is 4.74 Å². The molecule has 1 aliphatic rings. The van der Waals surface area contributed by atoms with Crippen LogP contribution in [0.2, 0.25) is 0 Å². The number of aromatic nitrogens is 2. The first-order valence-electron chi connectivity index (χ1n) is 10.1. The second kappa shape index (κ2) is 7.92. The van der Waals surface area contributed by atoms with Crippen molar-refractivity contribution in [3.8, 4) is 16.9 Å². The number of H-pyrrole nitrogens is 1. The standard InChI is InChI=1S/C23H28FN3O/c1-15(2)14-27-10-7-16(8-11-27)21-13-20-18(6-9-25-23(20)26-21)19-12-17(24)4-5-22(19)28-3/h4-6,9,12-13,15-16H,7-8,10-11,14H2,1-3H3,(H,25,26). The van der Waals surface area contributed by atoms with Crippen LogP contribution >= 0.6 is 0 Å². The average molecular weight is 381 g/mol. The minimum Gasteiger partial charge on any atom is -0.496 e. The number of fused-ring (bicyclic) bond motifs is 1. The summed E-state index contributed by atoms with van der Waals surface area (Å²) in [6.45, 7) is 7.99. The number of nitrogens with zero attached hydrogens (tertiary/aromatic N) is 2. The molecule has 0 radical (unpaired) electrons. The van der Waals surface area contributed by atoms with Gasteiger partial charge >= 0.3 is 0 Å². The lowest BCUT2D eigenvalue weighted by Gasteiger charge is -2.32. The Hall–Kier alpha value is -2.40. The molecule has 0 amide bonds. The number of rotatable bonds is 5. The van der Waals surface area contributed by atoms with Gasteiger partial charge in [-0.1, -0.05) is 13.8 Å². The van der Waals surface area contributed by atoms with Crippen molar-refractivity contribution in [2.24, 2.45) is 5.92 Å². The number of halogens is 1. The molecule has 0 spiro atoms. The first-order chi connectivity index (χ1) is 13.5. The molecule has 5 heteroatoms. The van der Waals surface area contributed by atoms with Crippen LogP contribution in [-0.4, -0.2) is 41.6 Å². The minimum absolute atomic E-state index is 0.269. The lowest BCUT2D eigenvalue weighted by molar-refractivity contribution is 0.191. The Labute approximate surface area is 165 Å². The summed E-state index contributed by atoms with van der Waals surface area (Å²) in [7, 11) is 1.61. The highest BCUT2D eigenvalue weighted by Crippen LogP contribution is 2.37. The number of hydrogen-bond donors (Lipinski definition) is 1. The van der Waals surface area contributed by atoms with Gasteiger partial charge in [0.1, 0.15) is 17.2 Å². The molecular weight excluding hydrogens is 353 g/mol. The zero-order chi connectivity index (χ0) is 19.7. The van der Waals surface area contributed by atoms with Gasteiger partial charge in [0.05, 0.1) is 7.11 Å². The van der Waals surface area contributed by atoms with E-state index in [1.165, 1.54) is 24.4 Å². The van der Waals surface area contributed by atoms with E-state index in [1.807, 2.05) is 6.07 Å². The van der Waals surface area contributed by atoms with Crippen LogP contribution in [0.15, 0.2) is 36.5 Å². The molecule has 0 aliphatic carbocycles. The molecule has 148 valence electrons. The van der Waals surface area contributed by atoms with Crippen LogP contribution in [0.3, 0.4) is 0 Å². The maximum absolute atomic E-state index is 13.9. The van der Waals surface area contributed by atoms with Gasteiger partial charge in [0, 0.05) is 35.3 Å². The van der Waals surface area contributed by atoms with E-state index in [0.717, 1.165) is 48.1 Å². The largest absolute Gasteiger partial charge is 0.496 e. The molecule has 0 bridgehead atoms. The third kappa shape index (κ3) is 3.76. The molecule has 0 unspecified atom stereocenters. The van der Waals surface area contributed by atoms with E-state index in [-0.39, 0.29) is 5.82 Å². The van der Waals surface area contributed by atoms with E-state index in [0.29, 0.717) is 17.6 Å². The Balaban J connectivity index is 1.65. The predicted molar refractivity (Wildman–Crippen MR) is 111 cm³/mol. The number of piperidine rings is 1. The van der Waals surface area contributed by atoms with Crippen LogP contribution in [0.4, 0.5) is 4.39 Å². The number of likely N-dealkylation sites (tertiary alicyclic amines) is 1. The fourth-order valence-electron chi connectivity index (χ4n) is 4.34. The van der Waals surface area contributed by atoms with E-state index < -0.39 is 0 Å². The number of benzene rings is 1. The quantitative estimate of drug-likeness (QED) is 0.659.